The Hall–Kier alpha value is -2.73. The molecular weight excluding hydrogens is 302 g/mol. The van der Waals surface area contributed by atoms with Gasteiger partial charge in [0.2, 0.25) is 0 Å². The minimum Gasteiger partial charge on any atom is -0.322 e. The third-order valence-corrected chi connectivity index (χ3v) is 3.71. The molecule has 6 heteroatoms. The topological polar surface area (TPSA) is 62.5 Å². The van der Waals surface area contributed by atoms with Crippen LogP contribution in [0.15, 0.2) is 36.7 Å². The Labute approximate surface area is 141 Å². The van der Waals surface area contributed by atoms with E-state index in [2.05, 4.69) is 26.4 Å². The number of hydrogen-bond acceptors (Lipinski definition) is 4. The number of nitrogens with zero attached hydrogens (tertiary/aromatic N) is 4. The van der Waals surface area contributed by atoms with Gasteiger partial charge in [-0.25, -0.2) is 9.50 Å². The minimum atomic E-state index is -0.182. The van der Waals surface area contributed by atoms with Crippen LogP contribution in [0.1, 0.15) is 27.2 Å². The molecule has 3 aromatic rings. The van der Waals surface area contributed by atoms with Crippen LogP contribution in [0.25, 0.3) is 5.65 Å². The molecule has 0 fully saturated rings. The molecule has 124 valence electrons. The van der Waals surface area contributed by atoms with Gasteiger partial charge in [-0.1, -0.05) is 6.07 Å². The number of amides is 1. The van der Waals surface area contributed by atoms with Gasteiger partial charge in [-0.05, 0) is 51.2 Å². The maximum Gasteiger partial charge on any atom is 0.259 e. The molecule has 0 aliphatic rings. The quantitative estimate of drug-likeness (QED) is 0.802. The molecule has 1 N–H and O–H groups in total. The van der Waals surface area contributed by atoms with Crippen molar-refractivity contribution < 1.29 is 4.79 Å². The van der Waals surface area contributed by atoms with E-state index in [1.165, 1.54) is 0 Å². The minimum absolute atomic E-state index is 0.182. The Morgan fingerprint density at radius 3 is 2.79 bits per heavy atom. The number of rotatable bonds is 4. The van der Waals surface area contributed by atoms with Crippen molar-refractivity contribution in [2.75, 3.05) is 19.4 Å². The van der Waals surface area contributed by atoms with Gasteiger partial charge in [-0.15, -0.1) is 0 Å². The van der Waals surface area contributed by atoms with Gasteiger partial charge in [-0.3, -0.25) is 4.79 Å². The molecule has 0 spiro atoms. The number of hydrogen-bond donors (Lipinski definition) is 1. The molecule has 2 heterocycles. The fourth-order valence-electron chi connectivity index (χ4n) is 2.76. The van der Waals surface area contributed by atoms with E-state index < -0.39 is 0 Å². The van der Waals surface area contributed by atoms with E-state index in [-0.39, 0.29) is 5.91 Å². The summed E-state index contributed by atoms with van der Waals surface area (Å²) < 4.78 is 1.61. The van der Waals surface area contributed by atoms with Crippen molar-refractivity contribution in [3.05, 3.63) is 59.0 Å². The molecule has 0 saturated carbocycles. The Morgan fingerprint density at radius 2 is 2.04 bits per heavy atom. The summed E-state index contributed by atoms with van der Waals surface area (Å²) in [6, 6.07) is 7.90. The smallest absolute Gasteiger partial charge is 0.259 e. The molecule has 24 heavy (non-hydrogen) atoms. The molecule has 0 radical (unpaired) electrons. The van der Waals surface area contributed by atoms with Gasteiger partial charge < -0.3 is 10.2 Å². The van der Waals surface area contributed by atoms with E-state index in [1.54, 1.807) is 16.9 Å². The Bertz CT molecular complexity index is 898. The first-order valence-corrected chi connectivity index (χ1v) is 7.80. The number of aryl methyl sites for hydroxylation is 2. The highest BCUT2D eigenvalue weighted by Gasteiger charge is 2.13. The Kier molecular flexibility index (Phi) is 4.31. The fraction of sp³-hybridized carbons (Fsp3) is 0.278. The second-order valence-electron chi connectivity index (χ2n) is 6.27. The number of aromatic nitrogens is 3. The van der Waals surface area contributed by atoms with Crippen molar-refractivity contribution in [2.45, 2.75) is 20.4 Å². The van der Waals surface area contributed by atoms with Gasteiger partial charge in [-0.2, -0.15) is 5.10 Å². The highest BCUT2D eigenvalue weighted by molar-refractivity contribution is 6.05. The molecule has 0 bridgehead atoms. The number of nitrogens with one attached hydrogen (secondary N) is 1. The number of carbonyl (C=O) groups is 1. The second-order valence-corrected chi connectivity index (χ2v) is 6.27. The Morgan fingerprint density at radius 1 is 1.25 bits per heavy atom. The maximum atomic E-state index is 12.6. The van der Waals surface area contributed by atoms with Crippen molar-refractivity contribution in [3.8, 4) is 0 Å². The molecule has 0 aliphatic carbocycles. The lowest BCUT2D eigenvalue weighted by Gasteiger charge is -2.13. The maximum absolute atomic E-state index is 12.6. The summed E-state index contributed by atoms with van der Waals surface area (Å²) in [7, 11) is 4.05. The van der Waals surface area contributed by atoms with Gasteiger partial charge in [0, 0.05) is 24.5 Å². The lowest BCUT2D eigenvalue weighted by Crippen LogP contribution is -2.16. The number of benzene rings is 1. The van der Waals surface area contributed by atoms with Crippen molar-refractivity contribution in [2.24, 2.45) is 0 Å². The zero-order valence-electron chi connectivity index (χ0n) is 14.4. The molecule has 1 amide bonds. The van der Waals surface area contributed by atoms with Crippen LogP contribution in [0.2, 0.25) is 0 Å². The van der Waals surface area contributed by atoms with Crippen LogP contribution in [0.4, 0.5) is 5.69 Å². The van der Waals surface area contributed by atoms with Crippen LogP contribution in [0, 0.1) is 13.8 Å². The van der Waals surface area contributed by atoms with Gasteiger partial charge in [0.05, 0.1) is 17.5 Å². The molecule has 0 atom stereocenters. The average Bonchev–Trinajstić information content (AvgIpc) is 2.91. The van der Waals surface area contributed by atoms with E-state index >= 15 is 0 Å². The van der Waals surface area contributed by atoms with Crippen LogP contribution >= 0.6 is 0 Å². The first-order valence-electron chi connectivity index (χ1n) is 7.80. The third-order valence-electron chi connectivity index (χ3n) is 3.71. The van der Waals surface area contributed by atoms with Crippen molar-refractivity contribution in [1.82, 2.24) is 19.5 Å². The second kappa shape index (κ2) is 6.41. The zero-order valence-corrected chi connectivity index (χ0v) is 14.4. The SMILES string of the molecule is Cc1cc(CN(C)C)cc(NC(=O)c2cn3nccc3nc2C)c1. The molecule has 6 nitrogen and oxygen atoms in total. The van der Waals surface area contributed by atoms with Crippen LogP contribution in [0.5, 0.6) is 0 Å². The summed E-state index contributed by atoms with van der Waals surface area (Å²) >= 11 is 0. The van der Waals surface area contributed by atoms with Gasteiger partial charge in [0.1, 0.15) is 0 Å². The summed E-state index contributed by atoms with van der Waals surface area (Å²) in [5.74, 6) is -0.182. The highest BCUT2D eigenvalue weighted by atomic mass is 16.1. The van der Waals surface area contributed by atoms with Crippen LogP contribution in [-0.2, 0) is 6.54 Å². The van der Waals surface area contributed by atoms with Gasteiger partial charge in [0.15, 0.2) is 5.65 Å². The first-order chi connectivity index (χ1) is 11.4. The average molecular weight is 323 g/mol. The van der Waals surface area contributed by atoms with Gasteiger partial charge in [0.25, 0.3) is 5.91 Å². The highest BCUT2D eigenvalue weighted by Crippen LogP contribution is 2.17. The van der Waals surface area contributed by atoms with Crippen LogP contribution < -0.4 is 5.32 Å². The Balaban J connectivity index is 1.88. The summed E-state index contributed by atoms with van der Waals surface area (Å²) in [5, 5.41) is 7.11. The molecular formula is C18H21N5O. The first kappa shape index (κ1) is 16.1. The predicted octanol–water partition coefficient (Wildman–Crippen LogP) is 2.66. The number of anilines is 1. The molecule has 0 unspecified atom stereocenters. The molecule has 0 aliphatic heterocycles. The van der Waals surface area contributed by atoms with Crippen molar-refractivity contribution >= 4 is 17.2 Å². The normalized spacial score (nSPS) is 11.2. The summed E-state index contributed by atoms with van der Waals surface area (Å²) in [6.07, 6.45) is 3.38. The van der Waals surface area contributed by atoms with E-state index in [0.29, 0.717) is 11.3 Å². The van der Waals surface area contributed by atoms with E-state index in [1.807, 2.05) is 46.1 Å². The van der Waals surface area contributed by atoms with Gasteiger partial charge >= 0.3 is 0 Å². The van der Waals surface area contributed by atoms with E-state index in [9.17, 15) is 4.79 Å². The molecule has 0 saturated heterocycles. The van der Waals surface area contributed by atoms with Crippen molar-refractivity contribution in [3.63, 3.8) is 0 Å². The lowest BCUT2D eigenvalue weighted by molar-refractivity contribution is 0.102. The monoisotopic (exact) mass is 323 g/mol. The lowest BCUT2D eigenvalue weighted by atomic mass is 10.1. The van der Waals surface area contributed by atoms with Crippen molar-refractivity contribution in [1.29, 1.82) is 0 Å². The zero-order chi connectivity index (χ0) is 17.3. The van der Waals surface area contributed by atoms with E-state index in [0.717, 1.165) is 29.0 Å². The standard InChI is InChI=1S/C18H21N5O/c1-12-7-14(10-22(3)4)9-15(8-12)21-18(24)16-11-23-17(5-6-19-23)20-13(16)2/h5-9,11H,10H2,1-4H3,(H,21,24). The van der Waals surface area contributed by atoms with E-state index in [4.69, 9.17) is 0 Å². The summed E-state index contributed by atoms with van der Waals surface area (Å²) in [6.45, 7) is 4.68. The summed E-state index contributed by atoms with van der Waals surface area (Å²) in [5.41, 5.74) is 4.99. The molecule has 2 aromatic heterocycles. The number of fused-ring (bicyclic) bond motifs is 1. The summed E-state index contributed by atoms with van der Waals surface area (Å²) in [4.78, 5) is 19.1. The predicted molar refractivity (Wildman–Crippen MR) is 94.2 cm³/mol. The van der Waals surface area contributed by atoms with Crippen LogP contribution in [-0.4, -0.2) is 39.5 Å². The fourth-order valence-corrected chi connectivity index (χ4v) is 2.76. The van der Waals surface area contributed by atoms with Crippen LogP contribution in [0.3, 0.4) is 0 Å². The molecule has 3 rings (SSSR count). The molecule has 1 aromatic carbocycles. The largest absolute Gasteiger partial charge is 0.322 e. The third kappa shape index (κ3) is 3.44. The number of carbonyl (C=O) groups excluding carboxylic acids is 1.